The summed E-state index contributed by atoms with van der Waals surface area (Å²) in [6.45, 7) is 7.76. The van der Waals surface area contributed by atoms with Crippen molar-refractivity contribution < 1.29 is 9.84 Å². The number of aliphatic hydroxyl groups is 1. The van der Waals surface area contributed by atoms with Crippen molar-refractivity contribution >= 4 is 0 Å². The fraction of sp³-hybridized carbons (Fsp3) is 0.692. The summed E-state index contributed by atoms with van der Waals surface area (Å²) in [5, 5.41) is 9.34. The Labute approximate surface area is 91.6 Å². The van der Waals surface area contributed by atoms with Crippen LogP contribution in [0.25, 0.3) is 0 Å². The van der Waals surface area contributed by atoms with Gasteiger partial charge in [-0.15, -0.1) is 6.58 Å². The van der Waals surface area contributed by atoms with Gasteiger partial charge in [0.1, 0.15) is 6.10 Å². The van der Waals surface area contributed by atoms with Crippen LogP contribution < -0.4 is 0 Å². The molecule has 1 aliphatic heterocycles. The normalized spacial score (nSPS) is 42.6. The zero-order valence-electron chi connectivity index (χ0n) is 9.47. The van der Waals surface area contributed by atoms with E-state index in [4.69, 9.17) is 4.74 Å². The Morgan fingerprint density at radius 2 is 2.13 bits per heavy atom. The molecular formula is C13H20O2. The average molecular weight is 208 g/mol. The van der Waals surface area contributed by atoms with Crippen molar-refractivity contribution in [2.45, 2.75) is 38.6 Å². The summed E-state index contributed by atoms with van der Waals surface area (Å²) in [6.07, 6.45) is 7.88. The van der Waals surface area contributed by atoms with Crippen LogP contribution in [0.1, 0.15) is 20.3 Å². The summed E-state index contributed by atoms with van der Waals surface area (Å²) >= 11 is 0. The van der Waals surface area contributed by atoms with Crippen molar-refractivity contribution in [3.63, 3.8) is 0 Å². The maximum Gasteiger partial charge on any atom is 0.103 e. The van der Waals surface area contributed by atoms with Gasteiger partial charge in [-0.3, -0.25) is 0 Å². The summed E-state index contributed by atoms with van der Waals surface area (Å²) < 4.78 is 5.52. The number of epoxide rings is 1. The summed E-state index contributed by atoms with van der Waals surface area (Å²) in [5.41, 5.74) is 0. The number of allylic oxidation sites excluding steroid dienone is 1. The van der Waals surface area contributed by atoms with Crippen LogP contribution in [0, 0.1) is 17.8 Å². The topological polar surface area (TPSA) is 32.8 Å². The lowest BCUT2D eigenvalue weighted by Crippen LogP contribution is -2.03. The van der Waals surface area contributed by atoms with Crippen molar-refractivity contribution in [2.24, 2.45) is 17.8 Å². The molecule has 1 aliphatic carbocycles. The third kappa shape index (κ3) is 2.50. The molecule has 1 saturated carbocycles. The van der Waals surface area contributed by atoms with Crippen LogP contribution in [-0.2, 0) is 4.74 Å². The first-order valence-corrected chi connectivity index (χ1v) is 5.78. The molecule has 1 saturated heterocycles. The van der Waals surface area contributed by atoms with Gasteiger partial charge in [0.2, 0.25) is 0 Å². The number of aliphatic hydroxyl groups excluding tert-OH is 1. The fourth-order valence-corrected chi connectivity index (χ4v) is 2.11. The number of hydrogen-bond acceptors (Lipinski definition) is 2. The van der Waals surface area contributed by atoms with Crippen LogP contribution >= 0.6 is 0 Å². The first kappa shape index (κ1) is 10.9. The lowest BCUT2D eigenvalue weighted by molar-refractivity contribution is 0.167. The van der Waals surface area contributed by atoms with Gasteiger partial charge in [0.25, 0.3) is 0 Å². The molecule has 2 rings (SSSR count). The molecule has 0 radical (unpaired) electrons. The number of rotatable bonds is 5. The molecule has 0 unspecified atom stereocenters. The molecule has 0 aromatic heterocycles. The molecule has 6 atom stereocenters. The largest absolute Gasteiger partial charge is 0.393 e. The highest BCUT2D eigenvalue weighted by Gasteiger charge is 2.42. The summed E-state index contributed by atoms with van der Waals surface area (Å²) in [6, 6.07) is 0. The highest BCUT2D eigenvalue weighted by molar-refractivity contribution is 5.12. The highest BCUT2D eigenvalue weighted by atomic mass is 16.6. The van der Waals surface area contributed by atoms with Gasteiger partial charge in [-0.2, -0.15) is 0 Å². The Bertz CT molecular complexity index is 270. The minimum Gasteiger partial charge on any atom is -0.393 e. The van der Waals surface area contributed by atoms with Crippen LogP contribution in [0.2, 0.25) is 0 Å². The maximum absolute atomic E-state index is 9.34. The van der Waals surface area contributed by atoms with Crippen LogP contribution in [0.4, 0.5) is 0 Å². The third-order valence-electron chi connectivity index (χ3n) is 3.51. The van der Waals surface area contributed by atoms with Gasteiger partial charge in [0, 0.05) is 5.92 Å². The van der Waals surface area contributed by atoms with Gasteiger partial charge >= 0.3 is 0 Å². The predicted molar refractivity (Wildman–Crippen MR) is 60.4 cm³/mol. The molecule has 0 spiro atoms. The monoisotopic (exact) mass is 208 g/mol. The van der Waals surface area contributed by atoms with E-state index in [0.29, 0.717) is 23.9 Å². The van der Waals surface area contributed by atoms with E-state index < -0.39 is 0 Å². The second kappa shape index (κ2) is 4.11. The summed E-state index contributed by atoms with van der Waals surface area (Å²) in [4.78, 5) is 0. The van der Waals surface area contributed by atoms with Crippen LogP contribution in [0.3, 0.4) is 0 Å². The quantitative estimate of drug-likeness (QED) is 0.554. The van der Waals surface area contributed by atoms with Gasteiger partial charge in [-0.25, -0.2) is 0 Å². The first-order chi connectivity index (χ1) is 7.13. The molecule has 0 amide bonds. The van der Waals surface area contributed by atoms with Crippen molar-refractivity contribution in [3.8, 4) is 0 Å². The molecule has 2 fully saturated rings. The minimum absolute atomic E-state index is 0.164. The van der Waals surface area contributed by atoms with E-state index in [1.54, 1.807) is 0 Å². The first-order valence-electron chi connectivity index (χ1n) is 5.78. The highest BCUT2D eigenvalue weighted by Crippen LogP contribution is 2.43. The standard InChI is InChI=1S/C13H20O2/c1-4-8(2)13-12(15-13)6-5-10-7-11(10)9(3)14/h4-6,8-14H,1,7H2,2-3H3/b6-5+/t8-,9-,10-,11+,12+,13+/m1/s1. The average Bonchev–Trinajstić information content (AvgIpc) is 3.06. The molecule has 0 aromatic rings. The lowest BCUT2D eigenvalue weighted by Gasteiger charge is -1.98. The third-order valence-corrected chi connectivity index (χ3v) is 3.51. The molecule has 0 bridgehead atoms. The molecule has 2 nitrogen and oxygen atoms in total. The summed E-state index contributed by atoms with van der Waals surface area (Å²) in [5.74, 6) is 1.50. The zero-order chi connectivity index (χ0) is 11.0. The van der Waals surface area contributed by atoms with Gasteiger partial charge in [0.05, 0.1) is 12.2 Å². The molecule has 15 heavy (non-hydrogen) atoms. The predicted octanol–water partition coefficient (Wildman–Crippen LogP) is 2.15. The van der Waals surface area contributed by atoms with E-state index in [2.05, 4.69) is 25.7 Å². The smallest absolute Gasteiger partial charge is 0.103 e. The van der Waals surface area contributed by atoms with Gasteiger partial charge in [0.15, 0.2) is 0 Å². The minimum atomic E-state index is -0.164. The van der Waals surface area contributed by atoms with Crippen LogP contribution in [0.15, 0.2) is 24.8 Å². The zero-order valence-corrected chi connectivity index (χ0v) is 9.47. The van der Waals surface area contributed by atoms with Gasteiger partial charge in [-0.1, -0.05) is 25.2 Å². The maximum atomic E-state index is 9.34. The van der Waals surface area contributed by atoms with Gasteiger partial charge < -0.3 is 9.84 Å². The molecular weight excluding hydrogens is 188 g/mol. The Kier molecular flexibility index (Phi) is 2.98. The molecule has 0 aromatic carbocycles. The Morgan fingerprint density at radius 3 is 2.67 bits per heavy atom. The van der Waals surface area contributed by atoms with Gasteiger partial charge in [-0.05, 0) is 25.2 Å². The molecule has 2 heteroatoms. The molecule has 84 valence electrons. The Balaban J connectivity index is 1.72. The van der Waals surface area contributed by atoms with Crippen LogP contribution in [0.5, 0.6) is 0 Å². The van der Waals surface area contributed by atoms with E-state index in [0.717, 1.165) is 6.42 Å². The van der Waals surface area contributed by atoms with E-state index in [1.165, 1.54) is 0 Å². The molecule has 1 heterocycles. The number of ether oxygens (including phenoxy) is 1. The Morgan fingerprint density at radius 1 is 1.40 bits per heavy atom. The van der Waals surface area contributed by atoms with Crippen molar-refractivity contribution in [1.29, 1.82) is 0 Å². The van der Waals surface area contributed by atoms with Crippen LogP contribution in [-0.4, -0.2) is 23.4 Å². The second-order valence-electron chi connectivity index (χ2n) is 4.85. The van der Waals surface area contributed by atoms with Crippen molar-refractivity contribution in [2.75, 3.05) is 0 Å². The SMILES string of the molecule is C=C[C@@H](C)[C@@H]1O[C@H]1/C=C/[C@@H]1C[C@H]1[C@@H](C)O. The Hall–Kier alpha value is -0.600. The fourth-order valence-electron chi connectivity index (χ4n) is 2.11. The molecule has 1 N–H and O–H groups in total. The number of hydrogen-bond donors (Lipinski definition) is 1. The van der Waals surface area contributed by atoms with E-state index in [1.807, 2.05) is 13.0 Å². The molecule has 2 aliphatic rings. The van der Waals surface area contributed by atoms with E-state index in [-0.39, 0.29) is 12.2 Å². The van der Waals surface area contributed by atoms with E-state index >= 15 is 0 Å². The second-order valence-corrected chi connectivity index (χ2v) is 4.85. The lowest BCUT2D eigenvalue weighted by atomic mass is 10.1. The van der Waals surface area contributed by atoms with Crippen molar-refractivity contribution in [3.05, 3.63) is 24.8 Å². The summed E-state index contributed by atoms with van der Waals surface area (Å²) in [7, 11) is 0. The van der Waals surface area contributed by atoms with E-state index in [9.17, 15) is 5.11 Å². The van der Waals surface area contributed by atoms with Crippen molar-refractivity contribution in [1.82, 2.24) is 0 Å².